The van der Waals surface area contributed by atoms with Crippen LogP contribution in [0.2, 0.25) is 0 Å². The number of hydrogen-bond acceptors (Lipinski definition) is 7. The van der Waals surface area contributed by atoms with Gasteiger partial charge in [0.05, 0.1) is 42.2 Å². The Kier molecular flexibility index (Phi) is 5.25. The van der Waals surface area contributed by atoms with Crippen LogP contribution in [0.25, 0.3) is 28.0 Å². The number of methoxy groups -OCH3 is 1. The number of nitrogens with zero attached hydrogens (tertiary/aromatic N) is 6. The summed E-state index contributed by atoms with van der Waals surface area (Å²) in [4.78, 5) is 16.2. The first-order valence-electron chi connectivity index (χ1n) is 11.2. The fraction of sp³-hybridized carbons (Fsp3) is 0.360. The highest BCUT2D eigenvalue weighted by atomic mass is 16.5. The average Bonchev–Trinajstić information content (AvgIpc) is 3.26. The second kappa shape index (κ2) is 8.12. The molecule has 0 aliphatic carbocycles. The number of β-amino-alcohol motifs (C(OH)–C–C–N with tert-alkyl or cyclic N) is 1. The van der Waals surface area contributed by atoms with E-state index in [1.807, 2.05) is 42.9 Å². The van der Waals surface area contributed by atoms with Crippen molar-refractivity contribution in [3.05, 3.63) is 54.2 Å². The third-order valence-electron chi connectivity index (χ3n) is 6.42. The van der Waals surface area contributed by atoms with E-state index in [0.717, 1.165) is 50.8 Å². The Balaban J connectivity index is 1.67. The number of hydrogen-bond donors (Lipinski definition) is 1. The molecule has 0 unspecified atom stereocenters. The van der Waals surface area contributed by atoms with Gasteiger partial charge in [0, 0.05) is 47.5 Å². The van der Waals surface area contributed by atoms with Crippen LogP contribution < -0.4 is 9.64 Å². The molecule has 0 radical (unpaired) electrons. The van der Waals surface area contributed by atoms with Gasteiger partial charge in [0.25, 0.3) is 0 Å². The second-order valence-electron chi connectivity index (χ2n) is 8.88. The lowest BCUT2D eigenvalue weighted by Crippen LogP contribution is -2.58. The first-order valence-corrected chi connectivity index (χ1v) is 11.2. The van der Waals surface area contributed by atoms with Crippen molar-refractivity contribution in [3.8, 4) is 22.8 Å². The molecule has 1 aliphatic rings. The quantitative estimate of drug-likeness (QED) is 0.499. The number of aliphatic hydroxyl groups excluding tert-OH is 1. The van der Waals surface area contributed by atoms with Gasteiger partial charge in [-0.1, -0.05) is 13.8 Å². The molecule has 0 bridgehead atoms. The zero-order chi connectivity index (χ0) is 23.3. The van der Waals surface area contributed by atoms with Crippen molar-refractivity contribution in [2.24, 2.45) is 0 Å². The van der Waals surface area contributed by atoms with E-state index >= 15 is 0 Å². The van der Waals surface area contributed by atoms with Crippen LogP contribution in [0, 0.1) is 6.92 Å². The summed E-state index contributed by atoms with van der Waals surface area (Å²) in [5, 5.41) is 15.7. The number of aromatic nitrogens is 5. The van der Waals surface area contributed by atoms with Gasteiger partial charge in [-0.05, 0) is 38.0 Å². The maximum Gasteiger partial charge on any atom is 0.156 e. The number of anilines is 1. The predicted octanol–water partition coefficient (Wildman–Crippen LogP) is 3.89. The molecule has 1 saturated heterocycles. The molecule has 8 heteroatoms. The van der Waals surface area contributed by atoms with Gasteiger partial charge in [0.2, 0.25) is 0 Å². The molecular formula is C25H28N6O2. The average molecular weight is 445 g/mol. The van der Waals surface area contributed by atoms with Gasteiger partial charge >= 0.3 is 0 Å². The van der Waals surface area contributed by atoms with Crippen molar-refractivity contribution in [3.63, 3.8) is 0 Å². The maximum atomic E-state index is 10.0. The van der Waals surface area contributed by atoms with Crippen LogP contribution in [-0.2, 0) is 0 Å². The lowest BCUT2D eigenvalue weighted by atomic mass is 9.99. The SMILES string of the molecule is COc1ccncc1-c1cc2c(cnn2-c2cc(N3C[C@H](O)[C@H]3C)cc(C(C)C)n2)c(C)n1. The van der Waals surface area contributed by atoms with E-state index in [9.17, 15) is 5.11 Å². The molecule has 33 heavy (non-hydrogen) atoms. The summed E-state index contributed by atoms with van der Waals surface area (Å²) >= 11 is 0. The van der Waals surface area contributed by atoms with Crippen LogP contribution in [0.5, 0.6) is 5.75 Å². The van der Waals surface area contributed by atoms with Gasteiger partial charge in [-0.2, -0.15) is 5.10 Å². The highest BCUT2D eigenvalue weighted by molar-refractivity contribution is 5.86. The number of aliphatic hydroxyl groups is 1. The molecule has 4 aromatic heterocycles. The number of aryl methyl sites for hydroxylation is 1. The van der Waals surface area contributed by atoms with Gasteiger partial charge in [0.15, 0.2) is 5.82 Å². The van der Waals surface area contributed by atoms with Crippen LogP contribution in [0.3, 0.4) is 0 Å². The highest BCUT2D eigenvalue weighted by Gasteiger charge is 2.34. The summed E-state index contributed by atoms with van der Waals surface area (Å²) < 4.78 is 7.40. The molecule has 1 N–H and O–H groups in total. The van der Waals surface area contributed by atoms with E-state index < -0.39 is 0 Å². The Morgan fingerprint density at radius 2 is 1.97 bits per heavy atom. The first kappa shape index (κ1) is 21.3. The van der Waals surface area contributed by atoms with Crippen LogP contribution in [-0.4, -0.2) is 55.6 Å². The summed E-state index contributed by atoms with van der Waals surface area (Å²) in [6.45, 7) is 8.90. The Bertz CT molecular complexity index is 1330. The number of ether oxygens (including phenoxy) is 1. The number of rotatable bonds is 5. The molecule has 4 aromatic rings. The van der Waals surface area contributed by atoms with Gasteiger partial charge in [-0.15, -0.1) is 0 Å². The van der Waals surface area contributed by atoms with Crippen LogP contribution >= 0.6 is 0 Å². The lowest BCUT2D eigenvalue weighted by molar-refractivity contribution is 0.0994. The third kappa shape index (κ3) is 3.60. The Morgan fingerprint density at radius 1 is 1.15 bits per heavy atom. The van der Waals surface area contributed by atoms with Crippen molar-refractivity contribution >= 4 is 16.6 Å². The highest BCUT2D eigenvalue weighted by Crippen LogP contribution is 2.33. The van der Waals surface area contributed by atoms with Crippen molar-refractivity contribution in [1.29, 1.82) is 0 Å². The topological polar surface area (TPSA) is 89.2 Å². The minimum atomic E-state index is -0.305. The van der Waals surface area contributed by atoms with Crippen molar-refractivity contribution in [2.75, 3.05) is 18.6 Å². The molecule has 1 fully saturated rings. The van der Waals surface area contributed by atoms with E-state index in [4.69, 9.17) is 14.7 Å². The minimum Gasteiger partial charge on any atom is -0.496 e. The maximum absolute atomic E-state index is 10.0. The van der Waals surface area contributed by atoms with Gasteiger partial charge in [-0.3, -0.25) is 9.97 Å². The number of pyridine rings is 3. The minimum absolute atomic E-state index is 0.0747. The summed E-state index contributed by atoms with van der Waals surface area (Å²) in [6.07, 6.45) is 5.00. The Hall–Kier alpha value is -3.52. The fourth-order valence-electron chi connectivity index (χ4n) is 4.27. The van der Waals surface area contributed by atoms with E-state index in [0.29, 0.717) is 6.54 Å². The monoisotopic (exact) mass is 444 g/mol. The molecule has 8 nitrogen and oxygen atoms in total. The molecule has 0 amide bonds. The molecule has 2 atom stereocenters. The summed E-state index contributed by atoms with van der Waals surface area (Å²) in [5.41, 5.74) is 5.42. The van der Waals surface area contributed by atoms with Gasteiger partial charge < -0.3 is 14.7 Å². The van der Waals surface area contributed by atoms with E-state index in [1.54, 1.807) is 19.5 Å². The van der Waals surface area contributed by atoms with Crippen LogP contribution in [0.4, 0.5) is 5.69 Å². The van der Waals surface area contributed by atoms with Crippen molar-refractivity contribution in [1.82, 2.24) is 24.7 Å². The first-order chi connectivity index (χ1) is 15.9. The zero-order valence-electron chi connectivity index (χ0n) is 19.5. The van der Waals surface area contributed by atoms with E-state index in [1.165, 1.54) is 0 Å². The Labute approximate surface area is 192 Å². The number of fused-ring (bicyclic) bond motifs is 1. The molecule has 1 aliphatic heterocycles. The molecule has 5 heterocycles. The van der Waals surface area contributed by atoms with Crippen molar-refractivity contribution < 1.29 is 9.84 Å². The van der Waals surface area contributed by atoms with Gasteiger partial charge in [-0.25, -0.2) is 9.67 Å². The van der Waals surface area contributed by atoms with E-state index in [-0.39, 0.29) is 18.1 Å². The zero-order valence-corrected chi connectivity index (χ0v) is 19.5. The van der Waals surface area contributed by atoms with Crippen LogP contribution in [0.15, 0.2) is 42.9 Å². The lowest BCUT2D eigenvalue weighted by Gasteiger charge is -2.45. The molecule has 0 saturated carbocycles. The molecular weight excluding hydrogens is 416 g/mol. The van der Waals surface area contributed by atoms with Gasteiger partial charge in [0.1, 0.15) is 5.75 Å². The molecule has 0 aromatic carbocycles. The summed E-state index contributed by atoms with van der Waals surface area (Å²) in [7, 11) is 1.64. The standard InChI is InChI=1S/C25H28N6O2/c1-14(2)20-8-17(30-13-23(32)16(30)4)9-25(29-20)31-22-10-21(28-15(3)18(22)12-27-31)19-11-26-7-6-24(19)33-5/h6-12,14,16,23,32H,13H2,1-5H3/t16-,23+/m1/s1. The molecule has 0 spiro atoms. The predicted molar refractivity (Wildman–Crippen MR) is 128 cm³/mol. The third-order valence-corrected chi connectivity index (χ3v) is 6.42. The Morgan fingerprint density at radius 3 is 2.67 bits per heavy atom. The second-order valence-corrected chi connectivity index (χ2v) is 8.88. The smallest absolute Gasteiger partial charge is 0.156 e. The van der Waals surface area contributed by atoms with Crippen molar-refractivity contribution in [2.45, 2.75) is 45.8 Å². The van der Waals surface area contributed by atoms with E-state index in [2.05, 4.69) is 34.9 Å². The summed E-state index contributed by atoms with van der Waals surface area (Å²) in [6, 6.07) is 8.07. The summed E-state index contributed by atoms with van der Waals surface area (Å²) in [5.74, 6) is 1.72. The largest absolute Gasteiger partial charge is 0.496 e. The van der Waals surface area contributed by atoms with Crippen LogP contribution in [0.1, 0.15) is 38.1 Å². The molecule has 170 valence electrons. The normalized spacial score (nSPS) is 18.1. The fourth-order valence-corrected chi connectivity index (χ4v) is 4.27. The molecule has 5 rings (SSSR count).